The predicted molar refractivity (Wildman–Crippen MR) is 68.4 cm³/mol. The first kappa shape index (κ1) is 13.5. The number of nitrogens with two attached hydrogens (primary N) is 1. The number of benzene rings is 1. The number of carbonyl (C=O) groups excluding carboxylic acids is 1. The van der Waals surface area contributed by atoms with Crippen molar-refractivity contribution in [3.05, 3.63) is 29.8 Å². The Balaban J connectivity index is 2.44. The number of hydrogen-bond donors (Lipinski definition) is 1. The fourth-order valence-corrected chi connectivity index (χ4v) is 1.58. The highest BCUT2D eigenvalue weighted by Crippen LogP contribution is 2.08. The Morgan fingerprint density at radius 3 is 2.76 bits per heavy atom. The van der Waals surface area contributed by atoms with Crippen molar-refractivity contribution in [3.8, 4) is 0 Å². The summed E-state index contributed by atoms with van der Waals surface area (Å²) in [5.74, 6) is -0.202. The van der Waals surface area contributed by atoms with E-state index in [-0.39, 0.29) is 18.6 Å². The quantitative estimate of drug-likeness (QED) is 0.624. The number of nitrogens with zero attached hydrogens (tertiary/aromatic N) is 1. The molecule has 4 nitrogen and oxygen atoms in total. The predicted octanol–water partition coefficient (Wildman–Crippen LogP) is 1.65. The molecule has 0 fully saturated rings. The smallest absolute Gasteiger partial charge is 0.320 e. The number of nitrogen functional groups attached to an aromatic ring is 1. The van der Waals surface area contributed by atoms with Crippen LogP contribution in [0, 0.1) is 0 Å². The van der Waals surface area contributed by atoms with Crippen molar-refractivity contribution in [3.63, 3.8) is 0 Å². The van der Waals surface area contributed by atoms with Crippen LogP contribution in [-0.2, 0) is 16.1 Å². The highest BCUT2D eigenvalue weighted by molar-refractivity contribution is 5.71. The summed E-state index contributed by atoms with van der Waals surface area (Å²) in [7, 11) is 1.88. The Hall–Kier alpha value is -1.55. The van der Waals surface area contributed by atoms with Crippen LogP contribution in [0.2, 0.25) is 0 Å². The van der Waals surface area contributed by atoms with Crippen molar-refractivity contribution >= 4 is 11.7 Å². The molecule has 0 radical (unpaired) electrons. The van der Waals surface area contributed by atoms with Gasteiger partial charge >= 0.3 is 5.97 Å². The van der Waals surface area contributed by atoms with Crippen molar-refractivity contribution in [2.75, 3.05) is 19.3 Å². The molecule has 1 aromatic rings. The van der Waals surface area contributed by atoms with E-state index in [4.69, 9.17) is 10.5 Å². The van der Waals surface area contributed by atoms with Gasteiger partial charge < -0.3 is 10.5 Å². The Bertz CT molecular complexity index is 377. The van der Waals surface area contributed by atoms with Gasteiger partial charge in [-0.2, -0.15) is 0 Å². The van der Waals surface area contributed by atoms with Gasteiger partial charge in [-0.25, -0.2) is 0 Å². The lowest BCUT2D eigenvalue weighted by molar-refractivity contribution is -0.148. The molecule has 0 aliphatic heterocycles. The maximum Gasteiger partial charge on any atom is 0.320 e. The SMILES string of the molecule is CC(C)OC(=O)CN(C)Cc1cccc(N)c1. The zero-order valence-electron chi connectivity index (χ0n) is 10.6. The Kier molecular flexibility index (Phi) is 4.97. The second kappa shape index (κ2) is 6.25. The molecular weight excluding hydrogens is 216 g/mol. The topological polar surface area (TPSA) is 55.6 Å². The van der Waals surface area contributed by atoms with E-state index in [2.05, 4.69) is 0 Å². The first-order valence-electron chi connectivity index (χ1n) is 5.70. The molecule has 0 atom stereocenters. The molecule has 0 aromatic heterocycles. The van der Waals surface area contributed by atoms with Gasteiger partial charge in [0.1, 0.15) is 0 Å². The first-order valence-corrected chi connectivity index (χ1v) is 5.70. The largest absolute Gasteiger partial charge is 0.462 e. The minimum absolute atomic E-state index is 0.0664. The third kappa shape index (κ3) is 5.36. The van der Waals surface area contributed by atoms with Crippen LogP contribution in [0.15, 0.2) is 24.3 Å². The molecule has 4 heteroatoms. The summed E-state index contributed by atoms with van der Waals surface area (Å²) >= 11 is 0. The number of anilines is 1. The highest BCUT2D eigenvalue weighted by atomic mass is 16.5. The molecule has 0 spiro atoms. The molecule has 0 unspecified atom stereocenters. The first-order chi connectivity index (χ1) is 7.97. The van der Waals surface area contributed by atoms with Crippen molar-refractivity contribution < 1.29 is 9.53 Å². The van der Waals surface area contributed by atoms with Gasteiger partial charge in [0, 0.05) is 12.2 Å². The number of rotatable bonds is 5. The third-order valence-electron chi connectivity index (χ3n) is 2.17. The van der Waals surface area contributed by atoms with E-state index in [1.807, 2.05) is 50.1 Å². The van der Waals surface area contributed by atoms with E-state index in [1.54, 1.807) is 0 Å². The lowest BCUT2D eigenvalue weighted by Crippen LogP contribution is -2.28. The van der Waals surface area contributed by atoms with E-state index in [0.717, 1.165) is 11.3 Å². The van der Waals surface area contributed by atoms with Crippen LogP contribution in [0.25, 0.3) is 0 Å². The number of ether oxygens (including phenoxy) is 1. The van der Waals surface area contributed by atoms with Gasteiger partial charge in [-0.05, 0) is 38.6 Å². The molecule has 17 heavy (non-hydrogen) atoms. The zero-order chi connectivity index (χ0) is 12.8. The van der Waals surface area contributed by atoms with E-state index < -0.39 is 0 Å². The van der Waals surface area contributed by atoms with Crippen LogP contribution >= 0.6 is 0 Å². The fraction of sp³-hybridized carbons (Fsp3) is 0.462. The Labute approximate surface area is 102 Å². The van der Waals surface area contributed by atoms with Crippen LogP contribution in [0.1, 0.15) is 19.4 Å². The number of esters is 1. The Morgan fingerprint density at radius 1 is 1.47 bits per heavy atom. The summed E-state index contributed by atoms with van der Waals surface area (Å²) in [6, 6.07) is 7.65. The van der Waals surface area contributed by atoms with E-state index in [9.17, 15) is 4.79 Å². The zero-order valence-corrected chi connectivity index (χ0v) is 10.6. The fourth-order valence-electron chi connectivity index (χ4n) is 1.58. The molecule has 0 aliphatic carbocycles. The third-order valence-corrected chi connectivity index (χ3v) is 2.17. The second-order valence-corrected chi connectivity index (χ2v) is 4.46. The van der Waals surface area contributed by atoms with Crippen LogP contribution in [-0.4, -0.2) is 30.6 Å². The molecule has 2 N–H and O–H groups in total. The van der Waals surface area contributed by atoms with E-state index >= 15 is 0 Å². The Morgan fingerprint density at radius 2 is 2.18 bits per heavy atom. The lowest BCUT2D eigenvalue weighted by Gasteiger charge is -2.17. The average molecular weight is 236 g/mol. The molecule has 0 amide bonds. The minimum Gasteiger partial charge on any atom is -0.462 e. The van der Waals surface area contributed by atoms with Gasteiger partial charge in [-0.1, -0.05) is 12.1 Å². The van der Waals surface area contributed by atoms with Crippen molar-refractivity contribution in [1.29, 1.82) is 0 Å². The monoisotopic (exact) mass is 236 g/mol. The second-order valence-electron chi connectivity index (χ2n) is 4.46. The van der Waals surface area contributed by atoms with Crippen LogP contribution in [0.4, 0.5) is 5.69 Å². The maximum absolute atomic E-state index is 11.4. The molecule has 1 rings (SSSR count). The number of likely N-dealkylation sites (N-methyl/N-ethyl adjacent to an activating group) is 1. The number of carbonyl (C=O) groups is 1. The molecule has 0 bridgehead atoms. The average Bonchev–Trinajstić information content (AvgIpc) is 2.14. The summed E-state index contributed by atoms with van der Waals surface area (Å²) in [4.78, 5) is 13.3. The van der Waals surface area contributed by atoms with Gasteiger partial charge in [0.2, 0.25) is 0 Å². The molecule has 0 saturated carbocycles. The van der Waals surface area contributed by atoms with E-state index in [0.29, 0.717) is 6.54 Å². The molecular formula is C13H20N2O2. The molecule has 0 aliphatic rings. The molecule has 94 valence electrons. The van der Waals surface area contributed by atoms with Gasteiger partial charge in [-0.3, -0.25) is 9.69 Å². The van der Waals surface area contributed by atoms with Crippen LogP contribution in [0.3, 0.4) is 0 Å². The molecule has 0 heterocycles. The van der Waals surface area contributed by atoms with Gasteiger partial charge in [0.15, 0.2) is 0 Å². The van der Waals surface area contributed by atoms with Gasteiger partial charge in [0.05, 0.1) is 12.6 Å². The molecule has 1 aromatic carbocycles. The minimum atomic E-state index is -0.202. The summed E-state index contributed by atoms with van der Waals surface area (Å²) in [5, 5.41) is 0. The number of hydrogen-bond acceptors (Lipinski definition) is 4. The van der Waals surface area contributed by atoms with Gasteiger partial charge in [0.25, 0.3) is 0 Å². The lowest BCUT2D eigenvalue weighted by atomic mass is 10.2. The van der Waals surface area contributed by atoms with Crippen molar-refractivity contribution in [2.24, 2.45) is 0 Å². The van der Waals surface area contributed by atoms with Crippen molar-refractivity contribution in [2.45, 2.75) is 26.5 Å². The highest BCUT2D eigenvalue weighted by Gasteiger charge is 2.09. The van der Waals surface area contributed by atoms with Crippen LogP contribution < -0.4 is 5.73 Å². The van der Waals surface area contributed by atoms with Crippen LogP contribution in [0.5, 0.6) is 0 Å². The summed E-state index contributed by atoms with van der Waals surface area (Å²) in [6.45, 7) is 4.65. The maximum atomic E-state index is 11.4. The van der Waals surface area contributed by atoms with E-state index in [1.165, 1.54) is 0 Å². The van der Waals surface area contributed by atoms with Crippen molar-refractivity contribution in [1.82, 2.24) is 4.90 Å². The normalized spacial score (nSPS) is 10.9. The van der Waals surface area contributed by atoms with Gasteiger partial charge in [-0.15, -0.1) is 0 Å². The summed E-state index contributed by atoms with van der Waals surface area (Å²) < 4.78 is 5.08. The summed E-state index contributed by atoms with van der Waals surface area (Å²) in [6.07, 6.45) is -0.0664. The standard InChI is InChI=1S/C13H20N2O2/c1-10(2)17-13(16)9-15(3)8-11-5-4-6-12(14)7-11/h4-7,10H,8-9,14H2,1-3H3. The summed E-state index contributed by atoms with van der Waals surface area (Å²) in [5.41, 5.74) is 7.52. The molecule has 0 saturated heterocycles.